The molecule has 0 heterocycles. The van der Waals surface area contributed by atoms with Crippen molar-refractivity contribution in [1.29, 1.82) is 0 Å². The van der Waals surface area contributed by atoms with Crippen LogP contribution in [0.25, 0.3) is 0 Å². The summed E-state index contributed by atoms with van der Waals surface area (Å²) in [4.78, 5) is 23.1. The van der Waals surface area contributed by atoms with Gasteiger partial charge in [-0.05, 0) is 29.0 Å². The van der Waals surface area contributed by atoms with E-state index in [1.54, 1.807) is 26.0 Å². The molecule has 0 aliphatic rings. The van der Waals surface area contributed by atoms with Crippen LogP contribution in [0.1, 0.15) is 50.5 Å². The van der Waals surface area contributed by atoms with Gasteiger partial charge in [0.1, 0.15) is 6.04 Å². The molecule has 1 atom stereocenters. The van der Waals surface area contributed by atoms with E-state index < -0.39 is 12.0 Å². The Kier molecular flexibility index (Phi) is 4.93. The van der Waals surface area contributed by atoms with Crippen molar-refractivity contribution in [1.82, 2.24) is 5.32 Å². The Morgan fingerprint density at radius 3 is 1.95 bits per heavy atom. The molecule has 0 aliphatic carbocycles. The van der Waals surface area contributed by atoms with Crippen LogP contribution in [-0.4, -0.2) is 23.0 Å². The van der Waals surface area contributed by atoms with Crippen LogP contribution in [-0.2, 0) is 10.2 Å². The van der Waals surface area contributed by atoms with Crippen LogP contribution in [0.2, 0.25) is 0 Å². The molecule has 110 valence electrons. The smallest absolute Gasteiger partial charge is 0.326 e. The lowest BCUT2D eigenvalue weighted by molar-refractivity contribution is -0.140. The van der Waals surface area contributed by atoms with E-state index >= 15 is 0 Å². The van der Waals surface area contributed by atoms with Crippen LogP contribution in [0, 0.1) is 5.92 Å². The van der Waals surface area contributed by atoms with E-state index in [1.807, 2.05) is 12.1 Å². The van der Waals surface area contributed by atoms with Gasteiger partial charge in [0, 0.05) is 5.56 Å². The number of benzene rings is 1. The second kappa shape index (κ2) is 6.07. The molecular formula is C16H23NO3. The van der Waals surface area contributed by atoms with E-state index in [4.69, 9.17) is 5.11 Å². The maximum atomic E-state index is 12.1. The Morgan fingerprint density at radius 1 is 1.10 bits per heavy atom. The average molecular weight is 277 g/mol. The zero-order valence-corrected chi connectivity index (χ0v) is 12.7. The minimum absolute atomic E-state index is 0.0243. The van der Waals surface area contributed by atoms with Gasteiger partial charge in [0.05, 0.1) is 0 Å². The van der Waals surface area contributed by atoms with Gasteiger partial charge in [0.15, 0.2) is 0 Å². The summed E-state index contributed by atoms with van der Waals surface area (Å²) in [6.45, 7) is 9.83. The van der Waals surface area contributed by atoms with Gasteiger partial charge in [-0.2, -0.15) is 0 Å². The molecule has 0 aliphatic heterocycles. The predicted molar refractivity (Wildman–Crippen MR) is 78.9 cm³/mol. The molecule has 4 heteroatoms. The molecule has 2 N–H and O–H groups in total. The third-order valence-electron chi connectivity index (χ3n) is 3.23. The number of carbonyl (C=O) groups excluding carboxylic acids is 1. The van der Waals surface area contributed by atoms with E-state index in [9.17, 15) is 9.59 Å². The number of rotatable bonds is 4. The number of aliphatic carboxylic acids is 1. The van der Waals surface area contributed by atoms with E-state index in [2.05, 4.69) is 26.1 Å². The summed E-state index contributed by atoms with van der Waals surface area (Å²) in [5.74, 6) is -1.53. The van der Waals surface area contributed by atoms with Crippen molar-refractivity contribution >= 4 is 11.9 Å². The van der Waals surface area contributed by atoms with Gasteiger partial charge in [-0.15, -0.1) is 0 Å². The van der Waals surface area contributed by atoms with Gasteiger partial charge in [-0.25, -0.2) is 4.79 Å². The second-order valence-electron chi connectivity index (χ2n) is 6.36. The zero-order valence-electron chi connectivity index (χ0n) is 12.7. The summed E-state index contributed by atoms with van der Waals surface area (Å²) in [5.41, 5.74) is 1.63. The Hall–Kier alpha value is -1.84. The summed E-state index contributed by atoms with van der Waals surface area (Å²) < 4.78 is 0. The first kappa shape index (κ1) is 16.2. The standard InChI is InChI=1S/C16H23NO3/c1-10(2)13(15(19)20)17-14(18)11-6-8-12(9-7-11)16(3,4)5/h6-10,13H,1-5H3,(H,17,18)(H,19,20)/t13-/m0/s1. The number of carboxylic acid groups (broad SMARTS) is 1. The fourth-order valence-corrected chi connectivity index (χ4v) is 1.86. The largest absolute Gasteiger partial charge is 0.480 e. The fourth-order valence-electron chi connectivity index (χ4n) is 1.86. The van der Waals surface area contributed by atoms with Crippen molar-refractivity contribution in [2.75, 3.05) is 0 Å². The van der Waals surface area contributed by atoms with Crippen molar-refractivity contribution in [2.45, 2.75) is 46.1 Å². The van der Waals surface area contributed by atoms with Crippen molar-refractivity contribution in [3.63, 3.8) is 0 Å². The van der Waals surface area contributed by atoms with Crippen LogP contribution in [0.15, 0.2) is 24.3 Å². The molecule has 0 bridgehead atoms. The maximum Gasteiger partial charge on any atom is 0.326 e. The first-order valence-electron chi connectivity index (χ1n) is 6.77. The number of carbonyl (C=O) groups is 2. The average Bonchev–Trinajstić information content (AvgIpc) is 2.34. The SMILES string of the molecule is CC(C)[C@H](NC(=O)c1ccc(C(C)(C)C)cc1)C(=O)O. The minimum Gasteiger partial charge on any atom is -0.480 e. The number of nitrogens with one attached hydrogen (secondary N) is 1. The van der Waals surface area contributed by atoms with E-state index in [0.29, 0.717) is 5.56 Å². The van der Waals surface area contributed by atoms with Crippen molar-refractivity contribution in [3.8, 4) is 0 Å². The number of hydrogen-bond donors (Lipinski definition) is 2. The Balaban J connectivity index is 2.85. The lowest BCUT2D eigenvalue weighted by Crippen LogP contribution is -2.44. The molecule has 0 saturated heterocycles. The van der Waals surface area contributed by atoms with Gasteiger partial charge >= 0.3 is 5.97 Å². The maximum absolute atomic E-state index is 12.1. The van der Waals surface area contributed by atoms with Crippen molar-refractivity contribution in [3.05, 3.63) is 35.4 Å². The Morgan fingerprint density at radius 2 is 1.60 bits per heavy atom. The Bertz CT molecular complexity index is 483. The van der Waals surface area contributed by atoms with Gasteiger partial charge in [-0.3, -0.25) is 4.79 Å². The van der Waals surface area contributed by atoms with Gasteiger partial charge in [0.2, 0.25) is 0 Å². The number of carboxylic acids is 1. The molecular weight excluding hydrogens is 254 g/mol. The number of hydrogen-bond acceptors (Lipinski definition) is 2. The van der Waals surface area contributed by atoms with Crippen LogP contribution < -0.4 is 5.32 Å². The molecule has 0 fully saturated rings. The molecule has 4 nitrogen and oxygen atoms in total. The molecule has 1 aromatic rings. The van der Waals surface area contributed by atoms with Crippen molar-refractivity contribution < 1.29 is 14.7 Å². The molecule has 20 heavy (non-hydrogen) atoms. The van der Waals surface area contributed by atoms with Crippen LogP contribution in [0.4, 0.5) is 0 Å². The minimum atomic E-state index is -1.01. The summed E-state index contributed by atoms with van der Waals surface area (Å²) >= 11 is 0. The normalized spacial score (nSPS) is 13.1. The first-order valence-corrected chi connectivity index (χ1v) is 6.77. The van der Waals surface area contributed by atoms with Crippen LogP contribution in [0.3, 0.4) is 0 Å². The highest BCUT2D eigenvalue weighted by molar-refractivity contribution is 5.96. The third kappa shape index (κ3) is 4.08. The molecule has 1 rings (SSSR count). The first-order chi connectivity index (χ1) is 9.12. The molecule has 0 spiro atoms. The Labute approximate surface area is 120 Å². The summed E-state index contributed by atoms with van der Waals surface area (Å²) in [6, 6.07) is 6.40. The summed E-state index contributed by atoms with van der Waals surface area (Å²) in [7, 11) is 0. The van der Waals surface area contributed by atoms with Gasteiger partial charge in [-0.1, -0.05) is 46.8 Å². The highest BCUT2D eigenvalue weighted by Gasteiger charge is 2.24. The third-order valence-corrected chi connectivity index (χ3v) is 3.23. The molecule has 0 unspecified atom stereocenters. The lowest BCUT2D eigenvalue weighted by Gasteiger charge is -2.20. The van der Waals surface area contributed by atoms with Crippen LogP contribution >= 0.6 is 0 Å². The number of amides is 1. The van der Waals surface area contributed by atoms with Gasteiger partial charge in [0.25, 0.3) is 5.91 Å². The van der Waals surface area contributed by atoms with Gasteiger partial charge < -0.3 is 10.4 Å². The molecule has 0 aromatic heterocycles. The zero-order chi connectivity index (χ0) is 15.5. The molecule has 1 amide bonds. The summed E-state index contributed by atoms with van der Waals surface area (Å²) in [6.07, 6.45) is 0. The quantitative estimate of drug-likeness (QED) is 0.889. The molecule has 0 radical (unpaired) electrons. The second-order valence-corrected chi connectivity index (χ2v) is 6.36. The predicted octanol–water partition coefficient (Wildman–Crippen LogP) is 2.82. The topological polar surface area (TPSA) is 66.4 Å². The highest BCUT2D eigenvalue weighted by Crippen LogP contribution is 2.22. The molecule has 1 aromatic carbocycles. The van der Waals surface area contributed by atoms with E-state index in [1.165, 1.54) is 0 Å². The highest BCUT2D eigenvalue weighted by atomic mass is 16.4. The fraction of sp³-hybridized carbons (Fsp3) is 0.500. The monoisotopic (exact) mass is 277 g/mol. The van der Waals surface area contributed by atoms with E-state index in [0.717, 1.165) is 5.56 Å². The lowest BCUT2D eigenvalue weighted by atomic mass is 9.86. The molecule has 0 saturated carbocycles. The van der Waals surface area contributed by atoms with Crippen LogP contribution in [0.5, 0.6) is 0 Å². The van der Waals surface area contributed by atoms with E-state index in [-0.39, 0.29) is 17.2 Å². The summed E-state index contributed by atoms with van der Waals surface area (Å²) in [5, 5.41) is 11.6. The van der Waals surface area contributed by atoms with Crippen molar-refractivity contribution in [2.24, 2.45) is 5.92 Å².